The van der Waals surface area contributed by atoms with Crippen LogP contribution in [0.3, 0.4) is 0 Å². The minimum Gasteiger partial charge on any atom is -0.466 e. The maximum atomic E-state index is 12.5. The van der Waals surface area contributed by atoms with Gasteiger partial charge < -0.3 is 20.3 Å². The van der Waals surface area contributed by atoms with Crippen LogP contribution >= 0.6 is 0 Å². The Hall–Kier alpha value is -1.66. The van der Waals surface area contributed by atoms with Crippen LogP contribution in [0, 0.1) is 0 Å². The lowest BCUT2D eigenvalue weighted by atomic mass is 10.0. The van der Waals surface area contributed by atoms with Crippen LogP contribution in [0.2, 0.25) is 0 Å². The second kappa shape index (κ2) is 55.9. The SMILES string of the molecule is CCCCCC/C=C\CCCCCCCC(=O)OCCCCCCCCCCCCCCCCCCCCC(=O)NC(CO)C(O)/C=C/CCCCCCCCCCCCCCCCCC. The molecule has 6 heteroatoms. The molecule has 0 aromatic carbocycles. The Labute approximate surface area is 411 Å². The highest BCUT2D eigenvalue weighted by atomic mass is 16.5. The Morgan fingerprint density at radius 1 is 0.409 bits per heavy atom. The van der Waals surface area contributed by atoms with Crippen LogP contribution in [0.1, 0.15) is 322 Å². The van der Waals surface area contributed by atoms with E-state index in [-0.39, 0.29) is 18.5 Å². The third-order valence-electron chi connectivity index (χ3n) is 13.7. The summed E-state index contributed by atoms with van der Waals surface area (Å²) in [4.78, 5) is 24.5. The van der Waals surface area contributed by atoms with Gasteiger partial charge in [-0.3, -0.25) is 9.59 Å². The standard InChI is InChI=1S/C60H115NO5/c1-3-5-7-9-11-13-15-17-18-19-22-25-29-32-36-40-44-48-52-58(63)57(56-62)61-59(64)53-49-45-41-37-33-30-26-23-20-21-24-27-31-35-39-43-47-51-55-66-60(65)54-50-46-42-38-34-28-16-14-12-10-8-6-4-2/h14,16,48,52,57-58,62-63H,3-13,15,17-47,49-51,53-56H2,1-2H3,(H,61,64)/b16-14-,52-48+. The number of carbonyl (C=O) groups is 2. The van der Waals surface area contributed by atoms with E-state index in [2.05, 4.69) is 31.3 Å². The van der Waals surface area contributed by atoms with Gasteiger partial charge in [-0.25, -0.2) is 0 Å². The molecule has 0 aromatic heterocycles. The van der Waals surface area contributed by atoms with Crippen molar-refractivity contribution in [3.05, 3.63) is 24.3 Å². The Morgan fingerprint density at radius 3 is 1.09 bits per heavy atom. The van der Waals surface area contributed by atoms with Gasteiger partial charge in [0.05, 0.1) is 25.4 Å². The van der Waals surface area contributed by atoms with Crippen molar-refractivity contribution < 1.29 is 24.5 Å². The summed E-state index contributed by atoms with van der Waals surface area (Å²) in [7, 11) is 0. The molecular weight excluding hydrogens is 815 g/mol. The number of nitrogens with one attached hydrogen (secondary N) is 1. The molecule has 3 N–H and O–H groups in total. The summed E-state index contributed by atoms with van der Waals surface area (Å²) >= 11 is 0. The van der Waals surface area contributed by atoms with Crippen molar-refractivity contribution in [2.24, 2.45) is 0 Å². The molecule has 2 unspecified atom stereocenters. The van der Waals surface area contributed by atoms with Crippen molar-refractivity contribution in [2.45, 2.75) is 334 Å². The summed E-state index contributed by atoms with van der Waals surface area (Å²) < 4.78 is 5.47. The molecule has 2 atom stereocenters. The molecule has 0 saturated carbocycles. The van der Waals surface area contributed by atoms with Gasteiger partial charge in [0.25, 0.3) is 0 Å². The van der Waals surface area contributed by atoms with Gasteiger partial charge in [0.2, 0.25) is 5.91 Å². The topological polar surface area (TPSA) is 95.9 Å². The molecule has 0 heterocycles. The molecule has 0 radical (unpaired) electrons. The van der Waals surface area contributed by atoms with Crippen LogP contribution < -0.4 is 5.32 Å². The first-order valence-corrected chi connectivity index (χ1v) is 29.6. The fourth-order valence-electron chi connectivity index (χ4n) is 9.16. The first-order chi connectivity index (χ1) is 32.5. The Kier molecular flexibility index (Phi) is 54.5. The molecule has 0 aliphatic heterocycles. The van der Waals surface area contributed by atoms with E-state index in [0.717, 1.165) is 44.9 Å². The molecule has 1 amide bonds. The number of ether oxygens (including phenoxy) is 1. The quantitative estimate of drug-likeness (QED) is 0.0321. The molecule has 0 rings (SSSR count). The fraction of sp³-hybridized carbons (Fsp3) is 0.900. The molecule has 0 aliphatic rings. The zero-order valence-corrected chi connectivity index (χ0v) is 44.4. The van der Waals surface area contributed by atoms with E-state index in [4.69, 9.17) is 4.74 Å². The van der Waals surface area contributed by atoms with Crippen molar-refractivity contribution in [3.8, 4) is 0 Å². The minimum absolute atomic E-state index is 0.00250. The Bertz CT molecular complexity index is 1030. The van der Waals surface area contributed by atoms with Gasteiger partial charge in [-0.1, -0.05) is 276 Å². The average Bonchev–Trinajstić information content (AvgIpc) is 3.32. The Balaban J connectivity index is 3.44. The van der Waals surface area contributed by atoms with Gasteiger partial charge in [0, 0.05) is 12.8 Å². The zero-order valence-electron chi connectivity index (χ0n) is 44.4. The highest BCUT2D eigenvalue weighted by Gasteiger charge is 2.18. The van der Waals surface area contributed by atoms with Crippen molar-refractivity contribution in [1.82, 2.24) is 5.32 Å². The predicted molar refractivity (Wildman–Crippen MR) is 287 cm³/mol. The summed E-state index contributed by atoms with van der Waals surface area (Å²) in [6.45, 7) is 4.89. The lowest BCUT2D eigenvalue weighted by molar-refractivity contribution is -0.143. The molecule has 6 nitrogen and oxygen atoms in total. The molecule has 0 aliphatic carbocycles. The number of hydrogen-bond acceptors (Lipinski definition) is 5. The van der Waals surface area contributed by atoms with Gasteiger partial charge in [-0.15, -0.1) is 0 Å². The number of esters is 1. The van der Waals surface area contributed by atoms with E-state index >= 15 is 0 Å². The summed E-state index contributed by atoms with van der Waals surface area (Å²) in [5, 5.41) is 23.2. The van der Waals surface area contributed by atoms with E-state index in [9.17, 15) is 19.8 Å². The molecule has 0 fully saturated rings. The predicted octanol–water partition coefficient (Wildman–Crippen LogP) is 18.2. The van der Waals surface area contributed by atoms with Gasteiger partial charge in [-0.05, 0) is 57.8 Å². The zero-order chi connectivity index (χ0) is 47.9. The molecular formula is C60H115NO5. The van der Waals surface area contributed by atoms with Gasteiger partial charge >= 0.3 is 5.97 Å². The monoisotopic (exact) mass is 930 g/mol. The normalized spacial score (nSPS) is 12.7. The van der Waals surface area contributed by atoms with Crippen molar-refractivity contribution in [1.29, 1.82) is 0 Å². The van der Waals surface area contributed by atoms with Gasteiger partial charge in [0.15, 0.2) is 0 Å². The highest BCUT2D eigenvalue weighted by molar-refractivity contribution is 5.76. The third-order valence-corrected chi connectivity index (χ3v) is 13.7. The molecule has 0 spiro atoms. The summed E-state index contributed by atoms with van der Waals surface area (Å²) in [5.41, 5.74) is 0. The van der Waals surface area contributed by atoms with E-state index < -0.39 is 12.1 Å². The smallest absolute Gasteiger partial charge is 0.305 e. The van der Waals surface area contributed by atoms with Crippen molar-refractivity contribution in [3.63, 3.8) is 0 Å². The number of unbranched alkanes of at least 4 members (excludes halogenated alkanes) is 42. The fourth-order valence-corrected chi connectivity index (χ4v) is 9.16. The number of allylic oxidation sites excluding steroid dienone is 3. The summed E-state index contributed by atoms with van der Waals surface area (Å²) in [6, 6.07) is -0.631. The maximum absolute atomic E-state index is 12.5. The van der Waals surface area contributed by atoms with Crippen molar-refractivity contribution in [2.75, 3.05) is 13.2 Å². The van der Waals surface area contributed by atoms with Crippen LogP contribution in [-0.4, -0.2) is 47.4 Å². The number of hydrogen-bond donors (Lipinski definition) is 3. The number of carbonyl (C=O) groups excluding carboxylic acids is 2. The first kappa shape index (κ1) is 64.3. The van der Waals surface area contributed by atoms with Crippen LogP contribution in [0.15, 0.2) is 24.3 Å². The second-order valence-electron chi connectivity index (χ2n) is 20.3. The van der Waals surface area contributed by atoms with E-state index in [1.54, 1.807) is 6.08 Å². The van der Waals surface area contributed by atoms with Crippen molar-refractivity contribution >= 4 is 11.9 Å². The van der Waals surface area contributed by atoms with E-state index in [0.29, 0.717) is 19.4 Å². The number of amides is 1. The molecule has 66 heavy (non-hydrogen) atoms. The molecule has 0 bridgehead atoms. The van der Waals surface area contributed by atoms with Crippen LogP contribution in [0.5, 0.6) is 0 Å². The maximum Gasteiger partial charge on any atom is 0.305 e. The number of aliphatic hydroxyl groups is 2. The summed E-state index contributed by atoms with van der Waals surface area (Å²) in [5.74, 6) is -0.0724. The second-order valence-corrected chi connectivity index (χ2v) is 20.3. The van der Waals surface area contributed by atoms with Crippen LogP contribution in [0.25, 0.3) is 0 Å². The minimum atomic E-state index is -0.847. The molecule has 0 aromatic rings. The first-order valence-electron chi connectivity index (χ1n) is 29.6. The van der Waals surface area contributed by atoms with E-state index in [1.165, 1.54) is 250 Å². The van der Waals surface area contributed by atoms with Gasteiger partial charge in [0.1, 0.15) is 0 Å². The van der Waals surface area contributed by atoms with Crippen LogP contribution in [-0.2, 0) is 14.3 Å². The molecule has 0 saturated heterocycles. The highest BCUT2D eigenvalue weighted by Crippen LogP contribution is 2.17. The largest absolute Gasteiger partial charge is 0.466 e. The lowest BCUT2D eigenvalue weighted by Crippen LogP contribution is -2.45. The molecule has 390 valence electrons. The average molecular weight is 931 g/mol. The van der Waals surface area contributed by atoms with Crippen LogP contribution in [0.4, 0.5) is 0 Å². The third kappa shape index (κ3) is 51.7. The summed E-state index contributed by atoms with van der Waals surface area (Å²) in [6.07, 6.45) is 67.7. The lowest BCUT2D eigenvalue weighted by Gasteiger charge is -2.20. The van der Waals surface area contributed by atoms with Gasteiger partial charge in [-0.2, -0.15) is 0 Å². The van der Waals surface area contributed by atoms with E-state index in [1.807, 2.05) is 6.08 Å². The number of aliphatic hydroxyl groups excluding tert-OH is 2. The number of rotatable bonds is 55. The Morgan fingerprint density at radius 2 is 0.712 bits per heavy atom.